The molecule has 2 N–H and O–H groups in total. The van der Waals surface area contributed by atoms with Crippen molar-refractivity contribution in [3.8, 4) is 0 Å². The van der Waals surface area contributed by atoms with Gasteiger partial charge in [0.15, 0.2) is 0 Å². The third kappa shape index (κ3) is 3.85. The third-order valence-corrected chi connectivity index (χ3v) is 4.11. The maximum Gasteiger partial charge on any atom is 0.329 e. The summed E-state index contributed by atoms with van der Waals surface area (Å²) in [5, 5.41) is 12.1. The summed E-state index contributed by atoms with van der Waals surface area (Å²) in [6.45, 7) is 7.38. The van der Waals surface area contributed by atoms with Gasteiger partial charge >= 0.3 is 12.0 Å². The molecule has 1 unspecified atom stereocenters. The highest BCUT2D eigenvalue weighted by molar-refractivity contribution is 5.86. The lowest BCUT2D eigenvalue weighted by molar-refractivity contribution is -0.144. The zero-order valence-electron chi connectivity index (χ0n) is 12.2. The quantitative estimate of drug-likeness (QED) is 0.779. The van der Waals surface area contributed by atoms with E-state index in [4.69, 9.17) is 0 Å². The van der Waals surface area contributed by atoms with E-state index in [1.54, 1.807) is 4.90 Å². The first-order valence-corrected chi connectivity index (χ1v) is 7.25. The summed E-state index contributed by atoms with van der Waals surface area (Å²) in [6, 6.07) is -0.243. The predicted octanol–water partition coefficient (Wildman–Crippen LogP) is 2.46. The number of aliphatic carboxylic acids is 1. The zero-order valence-corrected chi connectivity index (χ0v) is 12.2. The first-order chi connectivity index (χ1) is 8.95. The highest BCUT2D eigenvalue weighted by Crippen LogP contribution is 2.30. The summed E-state index contributed by atoms with van der Waals surface area (Å²) in [6.07, 6.45) is 3.81. The van der Waals surface area contributed by atoms with Gasteiger partial charge in [-0.15, -0.1) is 0 Å². The molecule has 0 saturated heterocycles. The molecule has 0 bridgehead atoms. The molecule has 1 saturated carbocycles. The Kier molecular flexibility index (Phi) is 5.63. The van der Waals surface area contributed by atoms with Crippen molar-refractivity contribution in [3.05, 3.63) is 0 Å². The van der Waals surface area contributed by atoms with E-state index >= 15 is 0 Å². The largest absolute Gasteiger partial charge is 0.480 e. The van der Waals surface area contributed by atoms with Gasteiger partial charge in [0.1, 0.15) is 5.54 Å². The third-order valence-electron chi connectivity index (χ3n) is 4.11. The van der Waals surface area contributed by atoms with E-state index in [0.29, 0.717) is 31.8 Å². The van der Waals surface area contributed by atoms with Crippen LogP contribution in [0.5, 0.6) is 0 Å². The topological polar surface area (TPSA) is 69.6 Å². The van der Waals surface area contributed by atoms with Crippen molar-refractivity contribution in [1.29, 1.82) is 0 Å². The molecule has 1 aliphatic carbocycles. The van der Waals surface area contributed by atoms with Crippen molar-refractivity contribution < 1.29 is 14.7 Å². The molecule has 0 aliphatic heterocycles. The number of hydrogen-bond acceptors (Lipinski definition) is 2. The van der Waals surface area contributed by atoms with Crippen molar-refractivity contribution >= 4 is 12.0 Å². The number of carbonyl (C=O) groups excluding carboxylic acids is 1. The lowest BCUT2D eigenvalue weighted by Gasteiger charge is -2.31. The highest BCUT2D eigenvalue weighted by Gasteiger charge is 2.43. The summed E-state index contributed by atoms with van der Waals surface area (Å²) < 4.78 is 0. The van der Waals surface area contributed by atoms with Gasteiger partial charge in [0.05, 0.1) is 0 Å². The van der Waals surface area contributed by atoms with Crippen molar-refractivity contribution in [2.75, 3.05) is 13.1 Å². The second-order valence-electron chi connectivity index (χ2n) is 5.58. The smallest absolute Gasteiger partial charge is 0.329 e. The maximum absolute atomic E-state index is 12.2. The normalized spacial score (nSPS) is 18.9. The number of nitrogens with one attached hydrogen (secondary N) is 1. The Morgan fingerprint density at radius 1 is 1.32 bits per heavy atom. The van der Waals surface area contributed by atoms with Gasteiger partial charge in [-0.3, -0.25) is 0 Å². The van der Waals surface area contributed by atoms with E-state index in [1.807, 2.05) is 6.92 Å². The van der Waals surface area contributed by atoms with Crippen LogP contribution in [-0.4, -0.2) is 40.6 Å². The van der Waals surface area contributed by atoms with Crippen LogP contribution in [-0.2, 0) is 4.79 Å². The standard InChI is InChI=1S/C14H26N2O3/c1-4-11(3)10-16(5-2)13(19)15-14(12(17)18)8-6-7-9-14/h11H,4-10H2,1-3H3,(H,15,19)(H,17,18). The Morgan fingerprint density at radius 2 is 1.89 bits per heavy atom. The van der Waals surface area contributed by atoms with Gasteiger partial charge in [-0.2, -0.15) is 0 Å². The molecule has 0 aromatic carbocycles. The first kappa shape index (κ1) is 15.8. The molecule has 0 radical (unpaired) electrons. The molecule has 1 aliphatic rings. The van der Waals surface area contributed by atoms with Gasteiger partial charge in [0, 0.05) is 13.1 Å². The summed E-state index contributed by atoms with van der Waals surface area (Å²) in [5.41, 5.74) is -1.04. The maximum atomic E-state index is 12.2. The molecule has 110 valence electrons. The molecule has 1 fully saturated rings. The van der Waals surface area contributed by atoms with E-state index in [-0.39, 0.29) is 6.03 Å². The molecule has 0 aromatic heterocycles. The van der Waals surface area contributed by atoms with Crippen molar-refractivity contribution in [2.45, 2.75) is 58.4 Å². The fourth-order valence-corrected chi connectivity index (χ4v) is 2.52. The van der Waals surface area contributed by atoms with Crippen molar-refractivity contribution in [3.63, 3.8) is 0 Å². The Bertz CT molecular complexity index is 325. The lowest BCUT2D eigenvalue weighted by Crippen LogP contribution is -2.56. The molecular weight excluding hydrogens is 244 g/mol. The van der Waals surface area contributed by atoms with Crippen LogP contribution in [0.2, 0.25) is 0 Å². The Morgan fingerprint density at radius 3 is 2.32 bits per heavy atom. The van der Waals surface area contributed by atoms with Crippen LogP contribution in [0.1, 0.15) is 52.9 Å². The van der Waals surface area contributed by atoms with Crippen LogP contribution in [0.3, 0.4) is 0 Å². The number of nitrogens with zero attached hydrogens (tertiary/aromatic N) is 1. The number of carboxylic acid groups (broad SMARTS) is 1. The molecule has 5 nitrogen and oxygen atoms in total. The average Bonchev–Trinajstić information content (AvgIpc) is 2.85. The Labute approximate surface area is 115 Å². The molecule has 19 heavy (non-hydrogen) atoms. The monoisotopic (exact) mass is 270 g/mol. The number of hydrogen-bond donors (Lipinski definition) is 2. The summed E-state index contributed by atoms with van der Waals surface area (Å²) in [4.78, 5) is 25.4. The van der Waals surface area contributed by atoms with E-state index < -0.39 is 11.5 Å². The number of amides is 2. The molecule has 5 heteroatoms. The number of carboxylic acids is 1. The van der Waals surface area contributed by atoms with E-state index in [2.05, 4.69) is 19.2 Å². The van der Waals surface area contributed by atoms with Gasteiger partial charge in [0.2, 0.25) is 0 Å². The number of rotatable bonds is 6. The van der Waals surface area contributed by atoms with Gasteiger partial charge in [0.25, 0.3) is 0 Å². The molecule has 2 amide bonds. The lowest BCUT2D eigenvalue weighted by atomic mass is 9.98. The van der Waals surface area contributed by atoms with Crippen LogP contribution < -0.4 is 5.32 Å². The highest BCUT2D eigenvalue weighted by atomic mass is 16.4. The minimum absolute atomic E-state index is 0.243. The average molecular weight is 270 g/mol. The number of carbonyl (C=O) groups is 2. The minimum atomic E-state index is -1.04. The SMILES string of the molecule is CCC(C)CN(CC)C(=O)NC1(C(=O)O)CCCC1. The number of urea groups is 1. The first-order valence-electron chi connectivity index (χ1n) is 7.25. The van der Waals surface area contributed by atoms with E-state index in [9.17, 15) is 14.7 Å². The van der Waals surface area contributed by atoms with E-state index in [1.165, 1.54) is 0 Å². The Hall–Kier alpha value is -1.26. The summed E-state index contributed by atoms with van der Waals surface area (Å²) >= 11 is 0. The summed E-state index contributed by atoms with van der Waals surface area (Å²) in [7, 11) is 0. The van der Waals surface area contributed by atoms with Crippen LogP contribution in [0.25, 0.3) is 0 Å². The predicted molar refractivity (Wildman–Crippen MR) is 74.1 cm³/mol. The second-order valence-corrected chi connectivity index (χ2v) is 5.58. The molecular formula is C14H26N2O3. The zero-order chi connectivity index (χ0) is 14.5. The molecule has 0 spiro atoms. The van der Waals surface area contributed by atoms with Crippen LogP contribution in [0.15, 0.2) is 0 Å². The van der Waals surface area contributed by atoms with Crippen LogP contribution in [0.4, 0.5) is 4.79 Å². The summed E-state index contributed by atoms with van der Waals surface area (Å²) in [5.74, 6) is -0.479. The molecule has 1 atom stereocenters. The van der Waals surface area contributed by atoms with Crippen molar-refractivity contribution in [2.24, 2.45) is 5.92 Å². The fourth-order valence-electron chi connectivity index (χ4n) is 2.52. The van der Waals surface area contributed by atoms with Gasteiger partial charge in [-0.25, -0.2) is 9.59 Å². The second kappa shape index (κ2) is 6.78. The van der Waals surface area contributed by atoms with Crippen LogP contribution in [0, 0.1) is 5.92 Å². The van der Waals surface area contributed by atoms with Gasteiger partial charge in [-0.05, 0) is 25.7 Å². The van der Waals surface area contributed by atoms with Crippen molar-refractivity contribution in [1.82, 2.24) is 10.2 Å². The fraction of sp³-hybridized carbons (Fsp3) is 0.857. The molecule has 0 aromatic rings. The molecule has 1 rings (SSSR count). The van der Waals surface area contributed by atoms with Gasteiger partial charge < -0.3 is 15.3 Å². The van der Waals surface area contributed by atoms with E-state index in [0.717, 1.165) is 19.3 Å². The van der Waals surface area contributed by atoms with Crippen LogP contribution >= 0.6 is 0 Å². The van der Waals surface area contributed by atoms with Gasteiger partial charge in [-0.1, -0.05) is 33.1 Å². The molecule has 0 heterocycles. The minimum Gasteiger partial charge on any atom is -0.480 e. The Balaban J connectivity index is 2.67.